The number of rotatable bonds is 5. The van der Waals surface area contributed by atoms with E-state index in [1.165, 1.54) is 41.7 Å². The van der Waals surface area contributed by atoms with Crippen LogP contribution in [0.5, 0.6) is 0 Å². The number of carbonyl (C=O) groups excluding carboxylic acids is 1. The van der Waals surface area contributed by atoms with Crippen LogP contribution >= 0.6 is 11.3 Å². The van der Waals surface area contributed by atoms with Gasteiger partial charge >= 0.3 is 6.18 Å². The van der Waals surface area contributed by atoms with Crippen LogP contribution < -0.4 is 11.1 Å². The second-order valence-electron chi connectivity index (χ2n) is 6.05. The van der Waals surface area contributed by atoms with E-state index in [0.717, 1.165) is 29.2 Å². The first-order valence-corrected chi connectivity index (χ1v) is 9.45. The minimum Gasteiger partial charge on any atom is -0.383 e. The monoisotopic (exact) mass is 433 g/mol. The lowest BCUT2D eigenvalue weighted by Crippen LogP contribution is -2.11. The molecule has 0 radical (unpaired) electrons. The Morgan fingerprint density at radius 2 is 1.87 bits per heavy atom. The molecule has 9 heteroatoms. The summed E-state index contributed by atoms with van der Waals surface area (Å²) < 4.78 is 53.1. The van der Waals surface area contributed by atoms with Crippen molar-refractivity contribution in [1.29, 1.82) is 0 Å². The molecule has 0 saturated carbocycles. The largest absolute Gasteiger partial charge is 0.416 e. The van der Waals surface area contributed by atoms with E-state index < -0.39 is 23.5 Å². The van der Waals surface area contributed by atoms with Gasteiger partial charge in [-0.05, 0) is 47.4 Å². The molecule has 0 unspecified atom stereocenters. The minimum absolute atomic E-state index is 0.172. The first kappa shape index (κ1) is 21.3. The maximum Gasteiger partial charge on any atom is 0.416 e. The summed E-state index contributed by atoms with van der Waals surface area (Å²) in [7, 11) is 0. The minimum atomic E-state index is -4.56. The zero-order valence-electron chi connectivity index (χ0n) is 15.3. The Labute approximate surface area is 173 Å². The maximum atomic E-state index is 14.1. The molecule has 0 bridgehead atoms. The van der Waals surface area contributed by atoms with Crippen molar-refractivity contribution in [1.82, 2.24) is 0 Å². The van der Waals surface area contributed by atoms with Crippen LogP contribution in [0, 0.1) is 5.82 Å². The Bertz CT molecular complexity index is 1110. The van der Waals surface area contributed by atoms with Gasteiger partial charge in [0, 0.05) is 6.08 Å². The highest BCUT2D eigenvalue weighted by atomic mass is 32.1. The van der Waals surface area contributed by atoms with E-state index in [4.69, 9.17) is 5.73 Å². The zero-order valence-corrected chi connectivity index (χ0v) is 16.1. The number of halogens is 4. The number of alkyl halides is 3. The molecule has 0 aliphatic rings. The number of nitrogens with two attached hydrogens (primary N) is 1. The van der Waals surface area contributed by atoms with E-state index in [-0.39, 0.29) is 17.1 Å². The molecule has 0 aliphatic carbocycles. The highest BCUT2D eigenvalue weighted by Gasteiger charge is 2.32. The van der Waals surface area contributed by atoms with Crippen molar-refractivity contribution in [3.8, 4) is 0 Å². The van der Waals surface area contributed by atoms with Crippen LogP contribution in [0.3, 0.4) is 0 Å². The van der Waals surface area contributed by atoms with Crippen molar-refractivity contribution < 1.29 is 22.4 Å². The summed E-state index contributed by atoms with van der Waals surface area (Å²) >= 11 is 1.39. The highest BCUT2D eigenvalue weighted by molar-refractivity contribution is 7.12. The van der Waals surface area contributed by atoms with Gasteiger partial charge in [0.1, 0.15) is 11.7 Å². The molecule has 3 rings (SSSR count). The molecule has 30 heavy (non-hydrogen) atoms. The van der Waals surface area contributed by atoms with E-state index in [9.17, 15) is 22.4 Å². The van der Waals surface area contributed by atoms with Crippen molar-refractivity contribution in [2.45, 2.75) is 6.18 Å². The van der Waals surface area contributed by atoms with Gasteiger partial charge in [0.15, 0.2) is 0 Å². The fourth-order valence-electron chi connectivity index (χ4n) is 2.54. The number of benzene rings is 2. The van der Waals surface area contributed by atoms with Crippen LogP contribution in [-0.4, -0.2) is 11.7 Å². The Hall–Kier alpha value is -3.46. The van der Waals surface area contributed by atoms with Crippen LogP contribution in [0.15, 0.2) is 71.0 Å². The van der Waals surface area contributed by atoms with Crippen molar-refractivity contribution in [2.75, 3.05) is 5.32 Å². The lowest BCUT2D eigenvalue weighted by Gasteiger charge is -2.09. The van der Waals surface area contributed by atoms with Gasteiger partial charge in [-0.15, -0.1) is 11.3 Å². The number of hydrogen-bond donors (Lipinski definition) is 2. The molecule has 0 aliphatic heterocycles. The number of hydrogen-bond acceptors (Lipinski definition) is 3. The SMILES string of the molecule is NC(=Nc1ccc(F)c(NC(=O)C=Cc2ccccc2C(F)(F)F)c1)c1cccs1. The molecular formula is C21H15F4N3OS. The summed E-state index contributed by atoms with van der Waals surface area (Å²) in [6.07, 6.45) is -2.63. The van der Waals surface area contributed by atoms with Crippen LogP contribution in [-0.2, 0) is 11.0 Å². The van der Waals surface area contributed by atoms with E-state index in [1.54, 1.807) is 6.07 Å². The summed E-state index contributed by atoms with van der Waals surface area (Å²) in [4.78, 5) is 17.0. The van der Waals surface area contributed by atoms with E-state index in [2.05, 4.69) is 10.3 Å². The van der Waals surface area contributed by atoms with Gasteiger partial charge < -0.3 is 11.1 Å². The van der Waals surface area contributed by atoms with Gasteiger partial charge in [0.2, 0.25) is 5.91 Å². The molecule has 3 N–H and O–H groups in total. The summed E-state index contributed by atoms with van der Waals surface area (Å²) in [6, 6.07) is 12.2. The van der Waals surface area contributed by atoms with Gasteiger partial charge in [-0.1, -0.05) is 24.3 Å². The van der Waals surface area contributed by atoms with Crippen LogP contribution in [0.2, 0.25) is 0 Å². The molecule has 3 aromatic rings. The molecular weight excluding hydrogens is 418 g/mol. The average molecular weight is 433 g/mol. The molecule has 4 nitrogen and oxygen atoms in total. The summed E-state index contributed by atoms with van der Waals surface area (Å²) in [5.74, 6) is -1.28. The number of thiophene rings is 1. The van der Waals surface area contributed by atoms with Crippen molar-refractivity contribution >= 4 is 40.5 Å². The van der Waals surface area contributed by atoms with Crippen molar-refractivity contribution in [3.63, 3.8) is 0 Å². The molecule has 0 atom stereocenters. The first-order chi connectivity index (χ1) is 14.2. The van der Waals surface area contributed by atoms with Crippen LogP contribution in [0.1, 0.15) is 16.0 Å². The Balaban J connectivity index is 1.78. The molecule has 154 valence electrons. The molecule has 0 spiro atoms. The smallest absolute Gasteiger partial charge is 0.383 e. The van der Waals surface area contributed by atoms with Crippen molar-refractivity contribution in [3.05, 3.63) is 87.9 Å². The molecule has 1 heterocycles. The molecule has 2 aromatic carbocycles. The highest BCUT2D eigenvalue weighted by Crippen LogP contribution is 2.32. The van der Waals surface area contributed by atoms with Crippen LogP contribution in [0.25, 0.3) is 6.08 Å². The molecule has 0 saturated heterocycles. The second-order valence-corrected chi connectivity index (χ2v) is 6.99. The van der Waals surface area contributed by atoms with Gasteiger partial charge in [0.05, 0.1) is 21.8 Å². The first-order valence-electron chi connectivity index (χ1n) is 8.57. The lowest BCUT2D eigenvalue weighted by molar-refractivity contribution is -0.137. The standard InChI is InChI=1S/C21H15F4N3OS/c22-16-9-8-14(27-20(26)18-6-3-11-30-18)12-17(16)28-19(29)10-7-13-4-1-2-5-15(13)21(23,24)25/h1-12H,(H2,26,27)(H,28,29). The summed E-state index contributed by atoms with van der Waals surface area (Å²) in [6.45, 7) is 0. The summed E-state index contributed by atoms with van der Waals surface area (Å²) in [5, 5.41) is 4.13. The third-order valence-electron chi connectivity index (χ3n) is 3.91. The second kappa shape index (κ2) is 8.91. The Morgan fingerprint density at radius 3 is 2.57 bits per heavy atom. The third-order valence-corrected chi connectivity index (χ3v) is 4.80. The number of amidine groups is 1. The quantitative estimate of drug-likeness (QED) is 0.238. The van der Waals surface area contributed by atoms with Gasteiger partial charge in [0.25, 0.3) is 0 Å². The number of anilines is 1. The predicted molar refractivity (Wildman–Crippen MR) is 110 cm³/mol. The van der Waals surface area contributed by atoms with Crippen molar-refractivity contribution in [2.24, 2.45) is 10.7 Å². The summed E-state index contributed by atoms with van der Waals surface area (Å²) in [5.41, 5.74) is 4.98. The predicted octanol–water partition coefficient (Wildman–Crippen LogP) is 5.59. The Kier molecular flexibility index (Phi) is 6.31. The molecule has 1 aromatic heterocycles. The fourth-order valence-corrected chi connectivity index (χ4v) is 3.16. The normalized spacial score (nSPS) is 12.3. The van der Waals surface area contributed by atoms with Gasteiger partial charge in [-0.25, -0.2) is 9.38 Å². The molecule has 1 amide bonds. The zero-order chi connectivity index (χ0) is 21.7. The average Bonchev–Trinajstić information content (AvgIpc) is 3.23. The maximum absolute atomic E-state index is 14.1. The number of nitrogens with one attached hydrogen (secondary N) is 1. The lowest BCUT2D eigenvalue weighted by atomic mass is 10.1. The van der Waals surface area contributed by atoms with Crippen LogP contribution in [0.4, 0.5) is 28.9 Å². The number of carbonyl (C=O) groups is 1. The van der Waals surface area contributed by atoms with E-state index in [0.29, 0.717) is 5.69 Å². The van der Waals surface area contributed by atoms with E-state index >= 15 is 0 Å². The molecule has 0 fully saturated rings. The Morgan fingerprint density at radius 1 is 1.10 bits per heavy atom. The topological polar surface area (TPSA) is 67.5 Å². The third kappa shape index (κ3) is 5.32. The number of aliphatic imine (C=N–C) groups is 1. The number of nitrogens with zero attached hydrogens (tertiary/aromatic N) is 1. The van der Waals surface area contributed by atoms with E-state index in [1.807, 2.05) is 11.4 Å². The van der Waals surface area contributed by atoms with Gasteiger partial charge in [-0.2, -0.15) is 13.2 Å². The fraction of sp³-hybridized carbons (Fsp3) is 0.0476. The van der Waals surface area contributed by atoms with Gasteiger partial charge in [-0.3, -0.25) is 4.79 Å². The number of amides is 1.